The second kappa shape index (κ2) is 10.4. The molecule has 2 aliphatic rings. The molecular weight excluding hydrogens is 512 g/mol. The van der Waals surface area contributed by atoms with Crippen LogP contribution in [-0.2, 0) is 29.6 Å². The lowest BCUT2D eigenvalue weighted by molar-refractivity contribution is -0.139. The lowest BCUT2D eigenvalue weighted by Crippen LogP contribution is -2.48. The number of carbonyl (C=O) groups excluding carboxylic acids is 1. The molecule has 208 valence electrons. The fourth-order valence-electron chi connectivity index (χ4n) is 4.80. The summed E-state index contributed by atoms with van der Waals surface area (Å²) >= 11 is 0. The summed E-state index contributed by atoms with van der Waals surface area (Å²) in [6.45, 7) is 1.11. The van der Waals surface area contributed by atoms with Crippen LogP contribution in [0.1, 0.15) is 37.6 Å². The van der Waals surface area contributed by atoms with Crippen molar-refractivity contribution >= 4 is 17.7 Å². The highest BCUT2D eigenvalue weighted by molar-refractivity contribution is 5.68. The van der Waals surface area contributed by atoms with Gasteiger partial charge in [-0.15, -0.1) is 5.10 Å². The number of carboxylic acid groups (broad SMARTS) is 1. The van der Waals surface area contributed by atoms with Crippen molar-refractivity contribution in [3.63, 3.8) is 0 Å². The molecule has 0 bridgehead atoms. The number of alkyl halides is 4. The molecule has 0 aromatic carbocycles. The second-order valence-corrected chi connectivity index (χ2v) is 10.0. The van der Waals surface area contributed by atoms with Crippen LogP contribution in [0.25, 0.3) is 11.4 Å². The number of aromatic nitrogens is 4. The van der Waals surface area contributed by atoms with Gasteiger partial charge in [0.25, 0.3) is 11.8 Å². The van der Waals surface area contributed by atoms with E-state index in [2.05, 4.69) is 15.3 Å². The molecule has 0 spiro atoms. The summed E-state index contributed by atoms with van der Waals surface area (Å²) in [6, 6.07) is 3.25. The van der Waals surface area contributed by atoms with E-state index in [1.807, 2.05) is 6.92 Å². The van der Waals surface area contributed by atoms with E-state index in [9.17, 15) is 27.2 Å². The maximum atomic E-state index is 14.4. The Balaban J connectivity index is 1.50. The van der Waals surface area contributed by atoms with E-state index in [1.165, 1.54) is 16.6 Å². The van der Waals surface area contributed by atoms with Crippen molar-refractivity contribution in [1.82, 2.24) is 24.9 Å². The minimum atomic E-state index is -3.04. The average molecular weight is 543 g/mol. The molecule has 4 rings (SSSR count). The van der Waals surface area contributed by atoms with E-state index in [-0.39, 0.29) is 32.5 Å². The lowest BCUT2D eigenvalue weighted by atomic mass is 9.91. The number of hydrogen-bond acceptors (Lipinski definition) is 7. The van der Waals surface area contributed by atoms with E-state index in [0.717, 1.165) is 4.90 Å². The molecular formula is C24H30F4N6O4. The molecule has 2 fully saturated rings. The van der Waals surface area contributed by atoms with Crippen LogP contribution in [0, 0.1) is 11.8 Å². The van der Waals surface area contributed by atoms with Gasteiger partial charge in [0.15, 0.2) is 0 Å². The summed E-state index contributed by atoms with van der Waals surface area (Å²) in [5, 5.41) is 17.2. The molecule has 2 aromatic rings. The van der Waals surface area contributed by atoms with Crippen molar-refractivity contribution in [3.05, 3.63) is 23.5 Å². The maximum Gasteiger partial charge on any atom is 0.409 e. The SMILES string of the molecule is CCc1nc(-c2nnn(C)c2COC(=O)N(C)CC2CC2(F)F)ccc1N1C[C@@H](CC(=O)O)CC(F)(F)C1. The van der Waals surface area contributed by atoms with Gasteiger partial charge >= 0.3 is 12.1 Å². The highest BCUT2D eigenvalue weighted by Crippen LogP contribution is 2.48. The van der Waals surface area contributed by atoms with Crippen LogP contribution < -0.4 is 4.90 Å². The monoisotopic (exact) mass is 542 g/mol. The zero-order valence-corrected chi connectivity index (χ0v) is 21.3. The first-order valence-electron chi connectivity index (χ1n) is 12.3. The quantitative estimate of drug-likeness (QED) is 0.479. The van der Waals surface area contributed by atoms with Gasteiger partial charge in [-0.25, -0.2) is 32.0 Å². The highest BCUT2D eigenvalue weighted by Gasteiger charge is 2.57. The second-order valence-electron chi connectivity index (χ2n) is 10.0. The Morgan fingerprint density at radius 3 is 2.58 bits per heavy atom. The Kier molecular flexibility index (Phi) is 7.53. The first-order chi connectivity index (χ1) is 17.8. The van der Waals surface area contributed by atoms with Crippen LogP contribution in [0.3, 0.4) is 0 Å². The van der Waals surface area contributed by atoms with Crippen LogP contribution in [-0.4, -0.2) is 80.6 Å². The molecule has 1 unspecified atom stereocenters. The minimum absolute atomic E-state index is 0.117. The lowest BCUT2D eigenvalue weighted by Gasteiger charge is -2.39. The number of rotatable bonds is 9. The van der Waals surface area contributed by atoms with E-state index >= 15 is 0 Å². The Morgan fingerprint density at radius 2 is 1.95 bits per heavy atom. The van der Waals surface area contributed by atoms with Crippen LogP contribution in [0.4, 0.5) is 28.0 Å². The highest BCUT2D eigenvalue weighted by atomic mass is 19.3. The van der Waals surface area contributed by atoms with Gasteiger partial charge in [0.05, 0.1) is 30.0 Å². The van der Waals surface area contributed by atoms with Crippen molar-refractivity contribution in [2.75, 3.05) is 31.6 Å². The predicted molar refractivity (Wildman–Crippen MR) is 127 cm³/mol. The predicted octanol–water partition coefficient (Wildman–Crippen LogP) is 3.60. The number of carbonyl (C=O) groups is 2. The fourth-order valence-corrected chi connectivity index (χ4v) is 4.80. The minimum Gasteiger partial charge on any atom is -0.481 e. The molecule has 1 N–H and O–H groups in total. The zero-order valence-electron chi connectivity index (χ0n) is 21.3. The third-order valence-corrected chi connectivity index (χ3v) is 6.86. The molecule has 1 saturated heterocycles. The molecule has 2 atom stereocenters. The van der Waals surface area contributed by atoms with Gasteiger partial charge in [-0.05, 0) is 24.5 Å². The molecule has 0 radical (unpaired) electrons. The van der Waals surface area contributed by atoms with Crippen molar-refractivity contribution in [1.29, 1.82) is 0 Å². The number of halogens is 4. The van der Waals surface area contributed by atoms with Crippen molar-refractivity contribution in [3.8, 4) is 11.4 Å². The van der Waals surface area contributed by atoms with Gasteiger partial charge in [-0.2, -0.15) is 0 Å². The molecule has 14 heteroatoms. The molecule has 38 heavy (non-hydrogen) atoms. The molecule has 1 amide bonds. The van der Waals surface area contributed by atoms with Crippen molar-refractivity contribution in [2.24, 2.45) is 18.9 Å². The number of ether oxygens (including phenoxy) is 1. The molecule has 1 saturated carbocycles. The number of aryl methyl sites for hydroxylation is 2. The number of hydrogen-bond donors (Lipinski definition) is 1. The van der Waals surface area contributed by atoms with Gasteiger partial charge in [0.2, 0.25) is 0 Å². The summed E-state index contributed by atoms with van der Waals surface area (Å²) in [5.41, 5.74) is 2.14. The van der Waals surface area contributed by atoms with E-state index < -0.39 is 48.7 Å². The van der Waals surface area contributed by atoms with Crippen LogP contribution >= 0.6 is 0 Å². The number of piperidine rings is 1. The Hall–Kier alpha value is -3.45. The normalized spacial score (nSPS) is 21.7. The number of amides is 1. The van der Waals surface area contributed by atoms with Crippen molar-refractivity contribution < 1.29 is 37.0 Å². The molecule has 1 aliphatic carbocycles. The number of pyridine rings is 1. The topological polar surface area (TPSA) is 114 Å². The number of carboxylic acids is 1. The standard InChI is InChI=1S/C24H30F4N6O4/c1-4-16-18(34-10-14(7-20(35)36)8-23(25,26)13-34)6-5-17(29-16)21-19(33(3)31-30-21)12-38-22(37)32(2)11-15-9-24(15,27)28/h5-6,14-15H,4,7-13H2,1-3H3,(H,35,36)/t14-,15?/m0/s1. The fraction of sp³-hybridized carbons (Fsp3) is 0.625. The van der Waals surface area contributed by atoms with Crippen LogP contribution in [0.15, 0.2) is 12.1 Å². The Labute approximate surface area is 216 Å². The number of nitrogens with zero attached hydrogens (tertiary/aromatic N) is 6. The first kappa shape index (κ1) is 27.6. The zero-order chi connectivity index (χ0) is 27.8. The maximum absolute atomic E-state index is 14.4. The largest absolute Gasteiger partial charge is 0.481 e. The van der Waals surface area contributed by atoms with Gasteiger partial charge in [0, 0.05) is 45.9 Å². The third kappa shape index (κ3) is 6.16. The first-order valence-corrected chi connectivity index (χ1v) is 12.3. The molecule has 1 aliphatic heterocycles. The number of anilines is 1. The van der Waals surface area contributed by atoms with Gasteiger partial charge in [-0.1, -0.05) is 12.1 Å². The van der Waals surface area contributed by atoms with Gasteiger partial charge < -0.3 is 19.6 Å². The van der Waals surface area contributed by atoms with Crippen LogP contribution in [0.5, 0.6) is 0 Å². The average Bonchev–Trinajstić information content (AvgIpc) is 3.25. The summed E-state index contributed by atoms with van der Waals surface area (Å²) in [6.07, 6.45) is -1.44. The Bertz CT molecular complexity index is 1210. The van der Waals surface area contributed by atoms with E-state index in [1.54, 1.807) is 19.2 Å². The Morgan fingerprint density at radius 1 is 1.24 bits per heavy atom. The van der Waals surface area contributed by atoms with Crippen LogP contribution in [0.2, 0.25) is 0 Å². The summed E-state index contributed by atoms with van der Waals surface area (Å²) in [5.74, 6) is -8.48. The van der Waals surface area contributed by atoms with Gasteiger partial charge in [-0.3, -0.25) is 4.79 Å². The molecule has 2 aromatic heterocycles. The van der Waals surface area contributed by atoms with Crippen molar-refractivity contribution in [2.45, 2.75) is 51.1 Å². The summed E-state index contributed by atoms with van der Waals surface area (Å²) in [4.78, 5) is 30.7. The molecule has 10 nitrogen and oxygen atoms in total. The van der Waals surface area contributed by atoms with Gasteiger partial charge in [0.1, 0.15) is 18.0 Å². The summed E-state index contributed by atoms with van der Waals surface area (Å²) in [7, 11) is 2.99. The van der Waals surface area contributed by atoms with E-state index in [0.29, 0.717) is 34.9 Å². The summed E-state index contributed by atoms with van der Waals surface area (Å²) < 4.78 is 61.9. The number of aliphatic carboxylic acids is 1. The van der Waals surface area contributed by atoms with E-state index in [4.69, 9.17) is 9.84 Å². The smallest absolute Gasteiger partial charge is 0.409 e. The third-order valence-electron chi connectivity index (χ3n) is 6.86. The molecule has 3 heterocycles.